The second-order valence-electron chi connectivity index (χ2n) is 5.49. The molecule has 0 saturated heterocycles. The van der Waals surface area contributed by atoms with Gasteiger partial charge in [-0.2, -0.15) is 0 Å². The average Bonchev–Trinajstić information content (AvgIpc) is 2.69. The number of amides is 1. The number of carbonyl (C=O) groups excluding carboxylic acids is 1. The van der Waals surface area contributed by atoms with Gasteiger partial charge in [-0.1, -0.05) is 24.3 Å². The lowest BCUT2D eigenvalue weighted by Gasteiger charge is -2.09. The summed E-state index contributed by atoms with van der Waals surface area (Å²) in [5, 5.41) is 2.71. The van der Waals surface area contributed by atoms with Gasteiger partial charge in [-0.3, -0.25) is 9.52 Å². The maximum absolute atomic E-state index is 12.3. The third kappa shape index (κ3) is 5.57. The smallest absolute Gasteiger partial charge is 0.261 e. The molecule has 1 amide bonds. The van der Waals surface area contributed by atoms with Crippen LogP contribution in [0.25, 0.3) is 0 Å². The first kappa shape index (κ1) is 18.9. The molecule has 27 heavy (non-hydrogen) atoms. The van der Waals surface area contributed by atoms with Crippen LogP contribution in [0.1, 0.15) is 0 Å². The third-order valence-electron chi connectivity index (χ3n) is 3.46. The molecule has 0 fully saturated rings. The molecule has 0 aliphatic heterocycles. The van der Waals surface area contributed by atoms with E-state index >= 15 is 0 Å². The number of carbonyl (C=O) groups is 1. The number of rotatable bonds is 7. The number of benzene rings is 2. The number of anilines is 2. The summed E-state index contributed by atoms with van der Waals surface area (Å²) in [7, 11) is -3.61. The quantitative estimate of drug-likeness (QED) is 0.593. The number of nitrogens with zero attached hydrogens (tertiary/aromatic N) is 1. The monoisotopic (exact) mass is 399 g/mol. The third-order valence-corrected chi connectivity index (χ3v) is 5.87. The molecule has 3 rings (SSSR count). The van der Waals surface area contributed by atoms with Gasteiger partial charge in [-0.25, -0.2) is 13.4 Å². The van der Waals surface area contributed by atoms with Gasteiger partial charge in [-0.15, -0.1) is 11.8 Å². The molecule has 0 atom stereocenters. The predicted octanol–water partition coefficient (Wildman–Crippen LogP) is 3.61. The van der Waals surface area contributed by atoms with E-state index in [-0.39, 0.29) is 16.6 Å². The zero-order chi connectivity index (χ0) is 19.1. The largest absolute Gasteiger partial charge is 0.310 e. The molecule has 138 valence electrons. The molecule has 0 aliphatic carbocycles. The van der Waals surface area contributed by atoms with Crippen LogP contribution in [0, 0.1) is 0 Å². The Hall–Kier alpha value is -2.84. The zero-order valence-electron chi connectivity index (χ0n) is 14.2. The summed E-state index contributed by atoms with van der Waals surface area (Å²) in [5.41, 5.74) is 0.459. The number of hydrogen-bond donors (Lipinski definition) is 2. The van der Waals surface area contributed by atoms with Crippen molar-refractivity contribution < 1.29 is 13.2 Å². The highest BCUT2D eigenvalue weighted by molar-refractivity contribution is 8.00. The van der Waals surface area contributed by atoms with Gasteiger partial charge in [0.05, 0.1) is 10.6 Å². The van der Waals surface area contributed by atoms with Crippen LogP contribution in [0.5, 0.6) is 0 Å². The molecule has 0 spiro atoms. The fraction of sp³-hybridized carbons (Fsp3) is 0.0526. The number of aromatic nitrogens is 1. The van der Waals surface area contributed by atoms with Crippen molar-refractivity contribution in [3.63, 3.8) is 0 Å². The molecule has 6 nitrogen and oxygen atoms in total. The van der Waals surface area contributed by atoms with E-state index in [1.807, 2.05) is 0 Å². The molecule has 2 N–H and O–H groups in total. The topological polar surface area (TPSA) is 88.2 Å². The number of thioether (sulfide) groups is 1. The summed E-state index contributed by atoms with van der Waals surface area (Å²) in [6, 6.07) is 20.3. The van der Waals surface area contributed by atoms with Crippen LogP contribution >= 0.6 is 11.8 Å². The van der Waals surface area contributed by atoms with E-state index < -0.39 is 10.0 Å². The first-order valence-corrected chi connectivity index (χ1v) is 10.5. The lowest BCUT2D eigenvalue weighted by molar-refractivity contribution is -0.113. The Balaban J connectivity index is 1.55. The molecular weight excluding hydrogens is 382 g/mol. The van der Waals surface area contributed by atoms with Crippen molar-refractivity contribution in [2.75, 3.05) is 15.8 Å². The summed E-state index contributed by atoms with van der Waals surface area (Å²) < 4.78 is 27.1. The molecular formula is C19H17N3O3S2. The Morgan fingerprint density at radius 2 is 1.63 bits per heavy atom. The van der Waals surface area contributed by atoms with Crippen LogP contribution in [-0.2, 0) is 14.8 Å². The molecule has 3 aromatic rings. The summed E-state index contributed by atoms with van der Waals surface area (Å²) in [5.74, 6) is 0.576. The predicted molar refractivity (Wildman–Crippen MR) is 107 cm³/mol. The highest BCUT2D eigenvalue weighted by Gasteiger charge is 2.13. The number of nitrogens with one attached hydrogen (secondary N) is 2. The van der Waals surface area contributed by atoms with Crippen LogP contribution in [-0.4, -0.2) is 25.1 Å². The molecule has 0 radical (unpaired) electrons. The maximum Gasteiger partial charge on any atom is 0.261 e. The van der Waals surface area contributed by atoms with Gasteiger partial charge >= 0.3 is 0 Å². The van der Waals surface area contributed by atoms with Gasteiger partial charge in [0, 0.05) is 16.8 Å². The molecule has 0 bridgehead atoms. The van der Waals surface area contributed by atoms with Crippen molar-refractivity contribution in [2.45, 2.75) is 9.79 Å². The molecule has 1 heterocycles. The van der Waals surface area contributed by atoms with Crippen molar-refractivity contribution in [3.8, 4) is 0 Å². The van der Waals surface area contributed by atoms with Crippen LogP contribution in [0.15, 0.2) is 88.8 Å². The van der Waals surface area contributed by atoms with Gasteiger partial charge < -0.3 is 5.32 Å². The van der Waals surface area contributed by atoms with E-state index in [1.54, 1.807) is 66.9 Å². The number of hydrogen-bond acceptors (Lipinski definition) is 5. The van der Waals surface area contributed by atoms with Crippen molar-refractivity contribution in [1.29, 1.82) is 0 Å². The Morgan fingerprint density at radius 3 is 2.30 bits per heavy atom. The lowest BCUT2D eigenvalue weighted by Crippen LogP contribution is -2.14. The van der Waals surface area contributed by atoms with Crippen molar-refractivity contribution in [2.24, 2.45) is 0 Å². The highest BCUT2D eigenvalue weighted by Crippen LogP contribution is 2.22. The molecule has 2 aromatic carbocycles. The molecule has 0 aliphatic rings. The van der Waals surface area contributed by atoms with Crippen LogP contribution < -0.4 is 10.0 Å². The van der Waals surface area contributed by atoms with E-state index in [1.165, 1.54) is 23.9 Å². The SMILES string of the molecule is O=C(CSc1ccc(NS(=O)(=O)c2ccccc2)cc1)Nc1ccccn1. The van der Waals surface area contributed by atoms with E-state index in [0.29, 0.717) is 11.5 Å². The van der Waals surface area contributed by atoms with Crippen LogP contribution in [0.3, 0.4) is 0 Å². The van der Waals surface area contributed by atoms with Gasteiger partial charge in [0.1, 0.15) is 5.82 Å². The average molecular weight is 399 g/mol. The second-order valence-corrected chi connectivity index (χ2v) is 8.23. The van der Waals surface area contributed by atoms with Crippen LogP contribution in [0.2, 0.25) is 0 Å². The molecule has 1 aromatic heterocycles. The van der Waals surface area contributed by atoms with E-state index in [9.17, 15) is 13.2 Å². The Morgan fingerprint density at radius 1 is 0.926 bits per heavy atom. The Kier molecular flexibility index (Phi) is 6.10. The first-order chi connectivity index (χ1) is 13.0. The van der Waals surface area contributed by atoms with Crippen molar-refractivity contribution >= 4 is 39.2 Å². The van der Waals surface area contributed by atoms with Gasteiger partial charge in [-0.05, 0) is 48.5 Å². The minimum absolute atomic E-state index is 0.160. The maximum atomic E-state index is 12.3. The molecule has 0 unspecified atom stereocenters. The van der Waals surface area contributed by atoms with Crippen LogP contribution in [0.4, 0.5) is 11.5 Å². The Labute approximate surface area is 162 Å². The standard InChI is InChI=1S/C19H17N3O3S2/c23-19(21-18-8-4-5-13-20-18)14-26-16-11-9-15(10-12-16)22-27(24,25)17-6-2-1-3-7-17/h1-13,22H,14H2,(H,20,21,23). The molecule has 8 heteroatoms. The van der Waals surface area contributed by atoms with Gasteiger partial charge in [0.15, 0.2) is 0 Å². The summed E-state index contributed by atoms with van der Waals surface area (Å²) >= 11 is 1.35. The van der Waals surface area contributed by atoms with E-state index in [4.69, 9.17) is 0 Å². The summed E-state index contributed by atoms with van der Waals surface area (Å²) in [6.07, 6.45) is 1.61. The fourth-order valence-corrected chi connectivity index (χ4v) is 3.98. The number of sulfonamides is 1. The van der Waals surface area contributed by atoms with Crippen molar-refractivity contribution in [3.05, 3.63) is 79.0 Å². The zero-order valence-corrected chi connectivity index (χ0v) is 15.8. The lowest BCUT2D eigenvalue weighted by atomic mass is 10.3. The second kappa shape index (κ2) is 8.70. The highest BCUT2D eigenvalue weighted by atomic mass is 32.2. The van der Waals surface area contributed by atoms with E-state index in [2.05, 4.69) is 15.0 Å². The number of pyridine rings is 1. The van der Waals surface area contributed by atoms with E-state index in [0.717, 1.165) is 4.90 Å². The summed E-state index contributed by atoms with van der Waals surface area (Å²) in [6.45, 7) is 0. The molecule has 0 saturated carbocycles. The summed E-state index contributed by atoms with van der Waals surface area (Å²) in [4.78, 5) is 17.0. The van der Waals surface area contributed by atoms with Crippen molar-refractivity contribution in [1.82, 2.24) is 4.98 Å². The van der Waals surface area contributed by atoms with Gasteiger partial charge in [0.2, 0.25) is 5.91 Å². The first-order valence-electron chi connectivity index (χ1n) is 8.04. The minimum Gasteiger partial charge on any atom is -0.310 e. The normalized spacial score (nSPS) is 11.0. The van der Waals surface area contributed by atoms with Gasteiger partial charge in [0.25, 0.3) is 10.0 Å². The Bertz CT molecular complexity index is 993. The fourth-order valence-electron chi connectivity index (χ4n) is 2.20. The minimum atomic E-state index is -3.61.